The highest BCUT2D eigenvalue weighted by Crippen LogP contribution is 2.22. The third-order valence-electron chi connectivity index (χ3n) is 2.28. The van der Waals surface area contributed by atoms with Crippen LogP contribution in [0.4, 0.5) is 8.78 Å². The Kier molecular flexibility index (Phi) is 6.31. The van der Waals surface area contributed by atoms with Crippen LogP contribution in [-0.4, -0.2) is 28.1 Å². The predicted octanol–water partition coefficient (Wildman–Crippen LogP) is 2.01. The van der Waals surface area contributed by atoms with Gasteiger partial charge in [0.05, 0.1) is 4.47 Å². The molecule has 0 heterocycles. The molecule has 0 spiro atoms. The number of sulfonamides is 1. The van der Waals surface area contributed by atoms with Gasteiger partial charge < -0.3 is 5.32 Å². The van der Waals surface area contributed by atoms with Gasteiger partial charge >= 0.3 is 0 Å². The minimum atomic E-state index is -4.04. The van der Waals surface area contributed by atoms with Crippen LogP contribution in [0.25, 0.3) is 0 Å². The molecule has 0 unspecified atom stereocenters. The molecule has 0 fully saturated rings. The van der Waals surface area contributed by atoms with E-state index in [0.717, 1.165) is 19.0 Å². The minimum absolute atomic E-state index is 0.111. The fourth-order valence-corrected chi connectivity index (χ4v) is 2.78. The zero-order chi connectivity index (χ0) is 14.5. The average molecular weight is 357 g/mol. The van der Waals surface area contributed by atoms with E-state index >= 15 is 0 Å². The molecular weight excluding hydrogens is 342 g/mol. The third-order valence-corrected chi connectivity index (χ3v) is 4.37. The number of nitrogens with one attached hydrogen (secondary N) is 2. The quantitative estimate of drug-likeness (QED) is 0.580. The molecule has 0 aliphatic heterocycles. The van der Waals surface area contributed by atoms with Crippen LogP contribution in [0.2, 0.25) is 0 Å². The molecule has 0 bridgehead atoms. The van der Waals surface area contributed by atoms with Crippen LogP contribution in [0, 0.1) is 11.6 Å². The Balaban J connectivity index is 2.75. The van der Waals surface area contributed by atoms with Gasteiger partial charge in [0.25, 0.3) is 0 Å². The largest absolute Gasteiger partial charge is 0.315 e. The average Bonchev–Trinajstić information content (AvgIpc) is 2.33. The van der Waals surface area contributed by atoms with Gasteiger partial charge in [-0.25, -0.2) is 21.9 Å². The first-order valence-corrected chi connectivity index (χ1v) is 8.01. The summed E-state index contributed by atoms with van der Waals surface area (Å²) in [5.41, 5.74) is 0. The topological polar surface area (TPSA) is 58.2 Å². The van der Waals surface area contributed by atoms with Crippen LogP contribution in [0.1, 0.15) is 13.3 Å². The number of halogens is 3. The maximum atomic E-state index is 13.5. The van der Waals surface area contributed by atoms with E-state index in [1.54, 1.807) is 0 Å². The highest BCUT2D eigenvalue weighted by molar-refractivity contribution is 9.10. The minimum Gasteiger partial charge on any atom is -0.315 e. The zero-order valence-corrected chi connectivity index (χ0v) is 12.7. The molecular formula is C11H15BrF2N2O2S. The standard InChI is InChI=1S/C11H15BrF2N2O2S/c1-2-3-15-4-5-16-19(17,18)11-7-9(13)8(12)6-10(11)14/h6-7,15-16H,2-5H2,1H3. The van der Waals surface area contributed by atoms with Crippen molar-refractivity contribution in [2.75, 3.05) is 19.6 Å². The molecule has 0 amide bonds. The fourth-order valence-electron chi connectivity index (χ4n) is 1.36. The Morgan fingerprint density at radius 3 is 2.47 bits per heavy atom. The molecule has 1 aromatic rings. The molecule has 4 nitrogen and oxygen atoms in total. The lowest BCUT2D eigenvalue weighted by molar-refractivity contribution is 0.541. The second kappa shape index (κ2) is 7.28. The third kappa shape index (κ3) is 4.79. The molecule has 0 aromatic heterocycles. The van der Waals surface area contributed by atoms with Gasteiger partial charge in [0.2, 0.25) is 10.0 Å². The molecule has 0 aliphatic carbocycles. The molecule has 108 valence electrons. The van der Waals surface area contributed by atoms with Gasteiger partial charge in [-0.2, -0.15) is 0 Å². The van der Waals surface area contributed by atoms with E-state index in [2.05, 4.69) is 26.0 Å². The molecule has 0 saturated heterocycles. The number of benzene rings is 1. The summed E-state index contributed by atoms with van der Waals surface area (Å²) >= 11 is 2.79. The van der Waals surface area contributed by atoms with Crippen molar-refractivity contribution in [1.29, 1.82) is 0 Å². The van der Waals surface area contributed by atoms with Crippen molar-refractivity contribution in [3.63, 3.8) is 0 Å². The maximum Gasteiger partial charge on any atom is 0.243 e. The summed E-state index contributed by atoms with van der Waals surface area (Å²) in [7, 11) is -4.04. The first-order valence-electron chi connectivity index (χ1n) is 5.73. The Bertz CT molecular complexity index is 538. The smallest absolute Gasteiger partial charge is 0.243 e. The predicted molar refractivity (Wildman–Crippen MR) is 72.4 cm³/mol. The fraction of sp³-hybridized carbons (Fsp3) is 0.455. The van der Waals surface area contributed by atoms with Crippen LogP contribution >= 0.6 is 15.9 Å². The Labute approximate surface area is 119 Å². The molecule has 8 heteroatoms. The van der Waals surface area contributed by atoms with Crippen LogP contribution < -0.4 is 10.0 Å². The van der Waals surface area contributed by atoms with Crippen molar-refractivity contribution >= 4 is 26.0 Å². The lowest BCUT2D eigenvalue weighted by Crippen LogP contribution is -2.32. The van der Waals surface area contributed by atoms with E-state index in [4.69, 9.17) is 0 Å². The molecule has 19 heavy (non-hydrogen) atoms. The molecule has 1 aromatic carbocycles. The summed E-state index contributed by atoms with van der Waals surface area (Å²) in [6.07, 6.45) is 0.930. The van der Waals surface area contributed by atoms with Crippen LogP contribution in [0.15, 0.2) is 21.5 Å². The monoisotopic (exact) mass is 356 g/mol. The van der Waals surface area contributed by atoms with Crippen LogP contribution in [-0.2, 0) is 10.0 Å². The van der Waals surface area contributed by atoms with Crippen molar-refractivity contribution in [3.8, 4) is 0 Å². The summed E-state index contributed by atoms with van der Waals surface area (Å²) < 4.78 is 52.5. The first kappa shape index (κ1) is 16.5. The van der Waals surface area contributed by atoms with E-state index in [0.29, 0.717) is 12.6 Å². The van der Waals surface area contributed by atoms with Gasteiger partial charge in [0, 0.05) is 13.1 Å². The Hall–Kier alpha value is -0.570. The zero-order valence-electron chi connectivity index (χ0n) is 10.3. The van der Waals surface area contributed by atoms with Gasteiger partial charge in [-0.1, -0.05) is 6.92 Å². The van der Waals surface area contributed by atoms with Gasteiger partial charge in [-0.05, 0) is 41.0 Å². The summed E-state index contributed by atoms with van der Waals surface area (Å²) in [5.74, 6) is -1.83. The second-order valence-electron chi connectivity index (χ2n) is 3.84. The molecule has 0 saturated carbocycles. The van der Waals surface area contributed by atoms with E-state index in [-0.39, 0.29) is 11.0 Å². The van der Waals surface area contributed by atoms with Crippen LogP contribution in [0.3, 0.4) is 0 Å². The maximum absolute atomic E-state index is 13.5. The molecule has 2 N–H and O–H groups in total. The number of rotatable bonds is 7. The van der Waals surface area contributed by atoms with Crippen molar-refractivity contribution in [3.05, 3.63) is 28.2 Å². The Morgan fingerprint density at radius 1 is 1.16 bits per heavy atom. The highest BCUT2D eigenvalue weighted by atomic mass is 79.9. The number of hydrogen-bond donors (Lipinski definition) is 2. The SMILES string of the molecule is CCCNCCNS(=O)(=O)c1cc(F)c(Br)cc1F. The van der Waals surface area contributed by atoms with Gasteiger partial charge in [-0.15, -0.1) is 0 Å². The molecule has 1 rings (SSSR count). The second-order valence-corrected chi connectivity index (χ2v) is 6.43. The highest BCUT2D eigenvalue weighted by Gasteiger charge is 2.20. The van der Waals surface area contributed by atoms with Crippen molar-refractivity contribution in [1.82, 2.24) is 10.0 Å². The lowest BCUT2D eigenvalue weighted by atomic mass is 10.3. The van der Waals surface area contributed by atoms with Gasteiger partial charge in [0.15, 0.2) is 0 Å². The summed E-state index contributed by atoms with van der Waals surface area (Å²) in [6.45, 7) is 3.29. The summed E-state index contributed by atoms with van der Waals surface area (Å²) in [5, 5.41) is 2.99. The van der Waals surface area contributed by atoms with E-state index < -0.39 is 26.6 Å². The normalized spacial score (nSPS) is 11.8. The molecule has 0 atom stereocenters. The van der Waals surface area contributed by atoms with E-state index in [9.17, 15) is 17.2 Å². The van der Waals surface area contributed by atoms with Gasteiger partial charge in [-0.3, -0.25) is 0 Å². The van der Waals surface area contributed by atoms with Gasteiger partial charge in [0.1, 0.15) is 16.5 Å². The van der Waals surface area contributed by atoms with Crippen molar-refractivity contribution in [2.45, 2.75) is 18.2 Å². The first-order chi connectivity index (χ1) is 8.88. The summed E-state index contributed by atoms with van der Waals surface area (Å²) in [6, 6.07) is 1.44. The van der Waals surface area contributed by atoms with Crippen molar-refractivity contribution < 1.29 is 17.2 Å². The van der Waals surface area contributed by atoms with E-state index in [1.807, 2.05) is 6.92 Å². The summed E-state index contributed by atoms with van der Waals surface area (Å²) in [4.78, 5) is -0.691. The molecule has 0 aliphatic rings. The van der Waals surface area contributed by atoms with E-state index in [1.165, 1.54) is 0 Å². The number of hydrogen-bond acceptors (Lipinski definition) is 3. The van der Waals surface area contributed by atoms with Crippen LogP contribution in [0.5, 0.6) is 0 Å². The molecule has 0 radical (unpaired) electrons. The Morgan fingerprint density at radius 2 is 1.84 bits per heavy atom. The van der Waals surface area contributed by atoms with Crippen molar-refractivity contribution in [2.24, 2.45) is 0 Å². The lowest BCUT2D eigenvalue weighted by Gasteiger charge is -2.09.